The maximum absolute atomic E-state index is 4.15. The van der Waals surface area contributed by atoms with E-state index in [1.807, 2.05) is 6.92 Å². The average Bonchev–Trinajstić information content (AvgIpc) is 2.18. The summed E-state index contributed by atoms with van der Waals surface area (Å²) in [5.74, 6) is 0. The van der Waals surface area contributed by atoms with Crippen LogP contribution in [0.5, 0.6) is 0 Å². The molecule has 0 N–H and O–H groups in total. The first-order chi connectivity index (χ1) is 6.74. The number of rotatable bonds is 0. The van der Waals surface area contributed by atoms with Crippen LogP contribution >= 0.6 is 0 Å². The summed E-state index contributed by atoms with van der Waals surface area (Å²) in [6, 6.07) is 10.6. The number of benzene rings is 2. The Bertz CT molecular complexity index is 577. The van der Waals surface area contributed by atoms with Crippen molar-refractivity contribution in [3.63, 3.8) is 0 Å². The van der Waals surface area contributed by atoms with Crippen molar-refractivity contribution >= 4 is 23.4 Å². The molecule has 70 valence electrons. The van der Waals surface area contributed by atoms with Crippen LogP contribution in [0.3, 0.4) is 0 Å². The molecule has 0 aromatic heterocycles. The van der Waals surface area contributed by atoms with Crippen molar-refractivity contribution in [1.29, 1.82) is 0 Å². The molecule has 0 fully saturated rings. The van der Waals surface area contributed by atoms with Crippen LogP contribution in [0.15, 0.2) is 30.3 Å². The third-order valence-electron chi connectivity index (χ3n) is 2.71. The van der Waals surface area contributed by atoms with E-state index in [0.717, 1.165) is 5.22 Å². The average molecular weight is 182 g/mol. The Balaban J connectivity index is 3.10. The SMILES string of the molecule is C=c1/c(=C\C)ccc2cccc(C)c12. The van der Waals surface area contributed by atoms with Gasteiger partial charge in [-0.05, 0) is 40.6 Å². The van der Waals surface area contributed by atoms with Gasteiger partial charge in [0.05, 0.1) is 0 Å². The summed E-state index contributed by atoms with van der Waals surface area (Å²) in [5.41, 5.74) is 1.30. The molecule has 2 aromatic carbocycles. The minimum absolute atomic E-state index is 1.14. The van der Waals surface area contributed by atoms with Gasteiger partial charge in [0.25, 0.3) is 0 Å². The lowest BCUT2D eigenvalue weighted by Crippen LogP contribution is -2.23. The fourth-order valence-corrected chi connectivity index (χ4v) is 1.94. The maximum Gasteiger partial charge on any atom is -0.00822 e. The smallest absolute Gasteiger partial charge is 0.00822 e. The zero-order chi connectivity index (χ0) is 10.1. The molecule has 0 nitrogen and oxygen atoms in total. The molecule has 0 amide bonds. The molecule has 2 aromatic rings. The highest BCUT2D eigenvalue weighted by atomic mass is 14.0. The largest absolute Gasteiger partial charge is 0.0905 e. The van der Waals surface area contributed by atoms with Crippen LogP contribution in [0.4, 0.5) is 0 Å². The molecule has 0 heteroatoms. The van der Waals surface area contributed by atoms with Crippen molar-refractivity contribution < 1.29 is 0 Å². The Labute approximate surface area is 84.2 Å². The molecule has 0 atom stereocenters. The Hall–Kier alpha value is -1.56. The van der Waals surface area contributed by atoms with Gasteiger partial charge >= 0.3 is 0 Å². The molecule has 0 aliphatic heterocycles. The highest BCUT2D eigenvalue weighted by Gasteiger charge is 1.97. The minimum Gasteiger partial charge on any atom is -0.0905 e. The van der Waals surface area contributed by atoms with Crippen molar-refractivity contribution in [3.8, 4) is 0 Å². The zero-order valence-corrected chi connectivity index (χ0v) is 8.67. The van der Waals surface area contributed by atoms with Gasteiger partial charge in [0.1, 0.15) is 0 Å². The Morgan fingerprint density at radius 2 is 1.93 bits per heavy atom. The van der Waals surface area contributed by atoms with Crippen LogP contribution in [0, 0.1) is 6.92 Å². The van der Waals surface area contributed by atoms with Crippen LogP contribution in [0.25, 0.3) is 23.4 Å². The quantitative estimate of drug-likeness (QED) is 0.586. The molecule has 0 saturated heterocycles. The lowest BCUT2D eigenvalue weighted by Gasteiger charge is -2.02. The van der Waals surface area contributed by atoms with E-state index >= 15 is 0 Å². The topological polar surface area (TPSA) is 0 Å². The summed E-state index contributed by atoms with van der Waals surface area (Å²) in [6.45, 7) is 8.33. The lowest BCUT2D eigenvalue weighted by atomic mass is 10.0. The zero-order valence-electron chi connectivity index (χ0n) is 8.67. The Morgan fingerprint density at radius 1 is 1.14 bits per heavy atom. The summed E-state index contributed by atoms with van der Waals surface area (Å²) < 4.78 is 0. The number of fused-ring (bicyclic) bond motifs is 1. The molecule has 0 bridgehead atoms. The molecule has 0 radical (unpaired) electrons. The molecule has 0 saturated carbocycles. The summed E-state index contributed by atoms with van der Waals surface area (Å²) in [5, 5.41) is 4.94. The van der Waals surface area contributed by atoms with E-state index in [1.165, 1.54) is 21.6 Å². The van der Waals surface area contributed by atoms with E-state index in [-0.39, 0.29) is 0 Å². The van der Waals surface area contributed by atoms with Gasteiger partial charge in [-0.25, -0.2) is 0 Å². The summed E-state index contributed by atoms with van der Waals surface area (Å²) in [4.78, 5) is 0. The molecule has 0 aliphatic rings. The van der Waals surface area contributed by atoms with Gasteiger partial charge in [0, 0.05) is 0 Å². The molecule has 0 spiro atoms. The van der Waals surface area contributed by atoms with Crippen LogP contribution in [-0.2, 0) is 0 Å². The molecule has 0 aliphatic carbocycles. The van der Waals surface area contributed by atoms with E-state index in [2.05, 4.69) is 49.9 Å². The molecule has 0 heterocycles. The normalized spacial score (nSPS) is 12.3. The minimum atomic E-state index is 1.14. The van der Waals surface area contributed by atoms with Gasteiger partial charge in [0.2, 0.25) is 0 Å². The summed E-state index contributed by atoms with van der Waals surface area (Å²) >= 11 is 0. The highest BCUT2D eigenvalue weighted by molar-refractivity contribution is 5.86. The van der Waals surface area contributed by atoms with Crippen molar-refractivity contribution in [3.05, 3.63) is 46.3 Å². The first-order valence-electron chi connectivity index (χ1n) is 4.87. The molecule has 14 heavy (non-hydrogen) atoms. The van der Waals surface area contributed by atoms with E-state index in [4.69, 9.17) is 0 Å². The van der Waals surface area contributed by atoms with Gasteiger partial charge in [-0.1, -0.05) is 43.0 Å². The third kappa shape index (κ3) is 1.24. The second kappa shape index (κ2) is 3.30. The van der Waals surface area contributed by atoms with E-state index in [0.29, 0.717) is 0 Å². The predicted molar refractivity (Wildman–Crippen MR) is 63.6 cm³/mol. The molecule has 0 unspecified atom stereocenters. The van der Waals surface area contributed by atoms with E-state index in [9.17, 15) is 0 Å². The van der Waals surface area contributed by atoms with Crippen LogP contribution in [0.1, 0.15) is 12.5 Å². The fourth-order valence-electron chi connectivity index (χ4n) is 1.94. The highest BCUT2D eigenvalue weighted by Crippen LogP contribution is 2.11. The Morgan fingerprint density at radius 3 is 2.64 bits per heavy atom. The number of aryl methyl sites for hydroxylation is 1. The van der Waals surface area contributed by atoms with Crippen LogP contribution in [0.2, 0.25) is 0 Å². The summed E-state index contributed by atoms with van der Waals surface area (Å²) in [7, 11) is 0. The third-order valence-corrected chi connectivity index (χ3v) is 2.71. The van der Waals surface area contributed by atoms with Gasteiger partial charge in [-0.15, -0.1) is 0 Å². The van der Waals surface area contributed by atoms with Crippen molar-refractivity contribution in [2.75, 3.05) is 0 Å². The summed E-state index contributed by atoms with van der Waals surface area (Å²) in [6.07, 6.45) is 2.11. The van der Waals surface area contributed by atoms with E-state index in [1.54, 1.807) is 0 Å². The second-order valence-electron chi connectivity index (χ2n) is 3.60. The molecular formula is C14H14. The maximum atomic E-state index is 4.15. The van der Waals surface area contributed by atoms with Crippen LogP contribution < -0.4 is 10.4 Å². The predicted octanol–water partition coefficient (Wildman–Crippen LogP) is 2.36. The number of hydrogen-bond donors (Lipinski definition) is 0. The van der Waals surface area contributed by atoms with Gasteiger partial charge in [-0.2, -0.15) is 0 Å². The second-order valence-corrected chi connectivity index (χ2v) is 3.60. The standard InChI is InChI=1S/C14H14/c1-4-12-8-9-13-7-5-6-10(2)14(13)11(12)3/h4-9H,3H2,1-2H3/b12-4-. The van der Waals surface area contributed by atoms with Gasteiger partial charge < -0.3 is 0 Å². The van der Waals surface area contributed by atoms with Crippen LogP contribution in [-0.4, -0.2) is 0 Å². The monoisotopic (exact) mass is 182 g/mol. The first-order valence-corrected chi connectivity index (χ1v) is 4.87. The van der Waals surface area contributed by atoms with Crippen molar-refractivity contribution in [2.24, 2.45) is 0 Å². The van der Waals surface area contributed by atoms with Crippen molar-refractivity contribution in [2.45, 2.75) is 13.8 Å². The molecular weight excluding hydrogens is 168 g/mol. The van der Waals surface area contributed by atoms with Crippen molar-refractivity contribution in [1.82, 2.24) is 0 Å². The van der Waals surface area contributed by atoms with E-state index < -0.39 is 0 Å². The van der Waals surface area contributed by atoms with Gasteiger partial charge in [-0.3, -0.25) is 0 Å². The van der Waals surface area contributed by atoms with Gasteiger partial charge in [0.15, 0.2) is 0 Å². The molecule has 2 rings (SSSR count). The Kier molecular flexibility index (Phi) is 2.12. The lowest BCUT2D eigenvalue weighted by molar-refractivity contribution is 1.49. The number of hydrogen-bond acceptors (Lipinski definition) is 0. The first kappa shape index (κ1) is 9.01. The fraction of sp³-hybridized carbons (Fsp3) is 0.143.